The molecule has 0 aliphatic carbocycles. The molecule has 2 aliphatic rings. The Bertz CT molecular complexity index is 848. The number of sulfonamides is 1. The van der Waals surface area contributed by atoms with Crippen molar-refractivity contribution in [1.29, 1.82) is 0 Å². The van der Waals surface area contributed by atoms with E-state index >= 15 is 0 Å². The molecule has 2 aromatic rings. The number of piperidine rings is 1. The molecule has 0 aromatic carbocycles. The number of rotatable bonds is 3. The van der Waals surface area contributed by atoms with Gasteiger partial charge in [-0.25, -0.2) is 18.1 Å². The highest BCUT2D eigenvalue weighted by Crippen LogP contribution is 2.28. The quantitative estimate of drug-likeness (QED) is 0.868. The lowest BCUT2D eigenvalue weighted by molar-refractivity contribution is 0.345. The average Bonchev–Trinajstić information content (AvgIpc) is 2.98. The van der Waals surface area contributed by atoms with E-state index in [4.69, 9.17) is 0 Å². The van der Waals surface area contributed by atoms with Gasteiger partial charge in [-0.3, -0.25) is 4.68 Å². The van der Waals surface area contributed by atoms with Crippen molar-refractivity contribution >= 4 is 21.1 Å². The lowest BCUT2D eigenvalue weighted by atomic mass is 10.0. The summed E-state index contributed by atoms with van der Waals surface area (Å²) < 4.78 is 29.9. The lowest BCUT2D eigenvalue weighted by Gasteiger charge is -2.29. The minimum absolute atomic E-state index is 0.00411. The highest BCUT2D eigenvalue weighted by atomic mass is 32.2. The normalized spacial score (nSPS) is 27.7. The Hall–Kier alpha value is -1.51. The van der Waals surface area contributed by atoms with Gasteiger partial charge in [0.25, 0.3) is 0 Å². The maximum absolute atomic E-state index is 12.7. The Morgan fingerprint density at radius 2 is 2.00 bits per heavy atom. The van der Waals surface area contributed by atoms with Crippen LogP contribution < -0.4 is 10.0 Å². The van der Waals surface area contributed by atoms with Gasteiger partial charge in [0.2, 0.25) is 10.0 Å². The summed E-state index contributed by atoms with van der Waals surface area (Å²) in [5, 5.41) is 8.59. The summed E-state index contributed by atoms with van der Waals surface area (Å²) in [4.78, 5) is 4.49. The first-order valence-electron chi connectivity index (χ1n) is 8.00. The second-order valence-electron chi connectivity index (χ2n) is 6.68. The molecule has 8 heteroatoms. The van der Waals surface area contributed by atoms with Gasteiger partial charge in [0, 0.05) is 36.8 Å². The SMILES string of the molecule is Cc1nn(C)c2ncc(S(=O)(=O)NC3CC4CCC(C3)N4)cc12. The van der Waals surface area contributed by atoms with Crippen LogP contribution in [0.15, 0.2) is 17.2 Å². The molecule has 2 atom stereocenters. The van der Waals surface area contributed by atoms with Gasteiger partial charge in [-0.2, -0.15) is 5.10 Å². The molecule has 2 unspecified atom stereocenters. The number of aromatic nitrogens is 3. The van der Waals surface area contributed by atoms with Gasteiger partial charge in [-0.1, -0.05) is 0 Å². The number of nitrogens with zero attached hydrogens (tertiary/aromatic N) is 3. The van der Waals surface area contributed by atoms with Gasteiger partial charge >= 0.3 is 0 Å². The predicted molar refractivity (Wildman–Crippen MR) is 86.5 cm³/mol. The molecule has 0 saturated carbocycles. The van der Waals surface area contributed by atoms with Crippen LogP contribution in [0.5, 0.6) is 0 Å². The first kappa shape index (κ1) is 15.0. The Kier molecular flexibility index (Phi) is 3.44. The Morgan fingerprint density at radius 3 is 2.70 bits per heavy atom. The maximum Gasteiger partial charge on any atom is 0.242 e. The summed E-state index contributed by atoms with van der Waals surface area (Å²) in [6, 6.07) is 2.57. The molecule has 4 heterocycles. The zero-order chi connectivity index (χ0) is 16.2. The fourth-order valence-electron chi connectivity index (χ4n) is 3.88. The third-order valence-electron chi connectivity index (χ3n) is 4.94. The highest BCUT2D eigenvalue weighted by molar-refractivity contribution is 7.89. The van der Waals surface area contributed by atoms with Crippen LogP contribution >= 0.6 is 0 Å². The molecule has 0 amide bonds. The van der Waals surface area contributed by atoms with Crippen LogP contribution in [0.3, 0.4) is 0 Å². The zero-order valence-corrected chi connectivity index (χ0v) is 14.1. The fourth-order valence-corrected chi connectivity index (χ4v) is 5.11. The first-order chi connectivity index (χ1) is 10.9. The molecular formula is C15H21N5O2S. The maximum atomic E-state index is 12.7. The molecule has 0 radical (unpaired) electrons. The Morgan fingerprint density at radius 1 is 1.30 bits per heavy atom. The van der Waals surface area contributed by atoms with E-state index in [0.717, 1.165) is 36.8 Å². The number of hydrogen-bond donors (Lipinski definition) is 2. The zero-order valence-electron chi connectivity index (χ0n) is 13.3. The molecule has 2 bridgehead atoms. The molecule has 124 valence electrons. The summed E-state index contributed by atoms with van der Waals surface area (Å²) >= 11 is 0. The van der Waals surface area contributed by atoms with Crippen molar-refractivity contribution in [2.24, 2.45) is 7.05 Å². The summed E-state index contributed by atoms with van der Waals surface area (Å²) in [5.41, 5.74) is 1.48. The molecule has 23 heavy (non-hydrogen) atoms. The minimum atomic E-state index is -3.56. The van der Waals surface area contributed by atoms with E-state index < -0.39 is 10.0 Å². The van der Waals surface area contributed by atoms with Gasteiger partial charge in [0.1, 0.15) is 4.90 Å². The van der Waals surface area contributed by atoms with Crippen LogP contribution in [0, 0.1) is 6.92 Å². The third-order valence-corrected chi connectivity index (χ3v) is 6.43. The van der Waals surface area contributed by atoms with Gasteiger partial charge in [-0.15, -0.1) is 0 Å². The first-order valence-corrected chi connectivity index (χ1v) is 9.48. The van der Waals surface area contributed by atoms with E-state index in [2.05, 4.69) is 20.1 Å². The molecule has 2 saturated heterocycles. The molecule has 4 rings (SSSR count). The minimum Gasteiger partial charge on any atom is -0.311 e. The lowest BCUT2D eigenvalue weighted by Crippen LogP contribution is -2.47. The average molecular weight is 335 g/mol. The molecule has 2 fully saturated rings. The van der Waals surface area contributed by atoms with Crippen LogP contribution in [0.1, 0.15) is 31.4 Å². The van der Waals surface area contributed by atoms with E-state index in [9.17, 15) is 8.42 Å². The highest BCUT2D eigenvalue weighted by Gasteiger charge is 2.35. The predicted octanol–water partition coefficient (Wildman–Crippen LogP) is 0.838. The van der Waals surface area contributed by atoms with Gasteiger partial charge < -0.3 is 5.32 Å². The van der Waals surface area contributed by atoms with Gasteiger partial charge in [0.05, 0.1) is 5.69 Å². The molecule has 2 aliphatic heterocycles. The second kappa shape index (κ2) is 5.25. The largest absolute Gasteiger partial charge is 0.311 e. The van der Waals surface area contributed by atoms with Gasteiger partial charge in [0.15, 0.2) is 5.65 Å². The summed E-state index contributed by atoms with van der Waals surface area (Å²) in [6.07, 6.45) is 5.42. The Labute approximate surface area is 135 Å². The van der Waals surface area contributed by atoms with Crippen LogP contribution in [0.2, 0.25) is 0 Å². The monoisotopic (exact) mass is 335 g/mol. The van der Waals surface area contributed by atoms with Crippen molar-refractivity contribution in [2.45, 2.75) is 55.6 Å². The van der Waals surface area contributed by atoms with Crippen molar-refractivity contribution in [3.63, 3.8) is 0 Å². The van der Waals surface area contributed by atoms with Crippen LogP contribution in [-0.4, -0.2) is 41.3 Å². The Balaban J connectivity index is 1.62. The van der Waals surface area contributed by atoms with E-state index in [-0.39, 0.29) is 10.9 Å². The smallest absolute Gasteiger partial charge is 0.242 e. The third kappa shape index (κ3) is 2.64. The van der Waals surface area contributed by atoms with Crippen molar-refractivity contribution < 1.29 is 8.42 Å². The van der Waals surface area contributed by atoms with E-state index in [1.165, 1.54) is 6.20 Å². The van der Waals surface area contributed by atoms with Crippen LogP contribution in [0.25, 0.3) is 11.0 Å². The van der Waals surface area contributed by atoms with Gasteiger partial charge in [-0.05, 0) is 38.7 Å². The molecular weight excluding hydrogens is 314 g/mol. The summed E-state index contributed by atoms with van der Waals surface area (Å²) in [5.74, 6) is 0. The van der Waals surface area contributed by atoms with Crippen molar-refractivity contribution in [2.75, 3.05) is 0 Å². The number of aryl methyl sites for hydroxylation is 2. The molecule has 7 nitrogen and oxygen atoms in total. The van der Waals surface area contributed by atoms with Crippen molar-refractivity contribution in [3.8, 4) is 0 Å². The van der Waals surface area contributed by atoms with E-state index in [1.54, 1.807) is 17.8 Å². The summed E-state index contributed by atoms with van der Waals surface area (Å²) in [7, 11) is -1.75. The van der Waals surface area contributed by atoms with Crippen LogP contribution in [-0.2, 0) is 17.1 Å². The van der Waals surface area contributed by atoms with E-state index in [0.29, 0.717) is 17.7 Å². The molecule has 2 N–H and O–H groups in total. The number of fused-ring (bicyclic) bond motifs is 3. The second-order valence-corrected chi connectivity index (χ2v) is 8.39. The number of hydrogen-bond acceptors (Lipinski definition) is 5. The van der Waals surface area contributed by atoms with Crippen molar-refractivity contribution in [3.05, 3.63) is 18.0 Å². The van der Waals surface area contributed by atoms with E-state index in [1.807, 2.05) is 6.92 Å². The number of nitrogens with one attached hydrogen (secondary N) is 2. The topological polar surface area (TPSA) is 88.9 Å². The number of pyridine rings is 1. The van der Waals surface area contributed by atoms with Crippen LogP contribution in [0.4, 0.5) is 0 Å². The molecule has 2 aromatic heterocycles. The summed E-state index contributed by atoms with van der Waals surface area (Å²) in [6.45, 7) is 1.86. The standard InChI is InChI=1S/C15H21N5O2S/c1-9-14-7-13(8-16-15(14)20(2)18-9)23(21,22)19-12-5-10-3-4-11(6-12)17-10/h7-8,10-12,17,19H,3-6H2,1-2H3. The fraction of sp³-hybridized carbons (Fsp3) is 0.600. The van der Waals surface area contributed by atoms with Crippen molar-refractivity contribution in [1.82, 2.24) is 24.8 Å². The molecule has 0 spiro atoms.